The summed E-state index contributed by atoms with van der Waals surface area (Å²) in [6.45, 7) is 1.72. The predicted molar refractivity (Wildman–Crippen MR) is 59.6 cm³/mol. The van der Waals surface area contributed by atoms with E-state index in [4.69, 9.17) is 16.3 Å². The van der Waals surface area contributed by atoms with Crippen molar-refractivity contribution in [3.63, 3.8) is 0 Å². The van der Waals surface area contributed by atoms with Crippen molar-refractivity contribution < 1.29 is 23.8 Å². The molecule has 0 saturated carbocycles. The molecule has 94 valence electrons. The first-order chi connectivity index (χ1) is 8.02. The van der Waals surface area contributed by atoms with Gasteiger partial charge in [0, 0.05) is 5.56 Å². The van der Waals surface area contributed by atoms with Crippen LogP contribution < -0.4 is 4.74 Å². The molecule has 17 heavy (non-hydrogen) atoms. The number of methoxy groups -OCH3 is 1. The quantitative estimate of drug-likeness (QED) is 0.844. The molecule has 0 fully saturated rings. The number of ether oxygens (including phenoxy) is 2. The Morgan fingerprint density at radius 1 is 1.59 bits per heavy atom. The lowest BCUT2D eigenvalue weighted by Gasteiger charge is -2.14. The van der Waals surface area contributed by atoms with Crippen molar-refractivity contribution in [2.45, 2.75) is 13.0 Å². The van der Waals surface area contributed by atoms with Crippen molar-refractivity contribution in [2.24, 2.45) is 0 Å². The molecule has 0 spiro atoms. The van der Waals surface area contributed by atoms with Gasteiger partial charge in [-0.1, -0.05) is 17.7 Å². The van der Waals surface area contributed by atoms with Crippen LogP contribution in [0, 0.1) is 5.82 Å². The number of benzene rings is 1. The second kappa shape index (κ2) is 5.84. The fourth-order valence-corrected chi connectivity index (χ4v) is 1.47. The van der Waals surface area contributed by atoms with E-state index in [-0.39, 0.29) is 22.9 Å². The van der Waals surface area contributed by atoms with Crippen LogP contribution in [0.3, 0.4) is 0 Å². The van der Waals surface area contributed by atoms with E-state index < -0.39 is 17.9 Å². The topological polar surface area (TPSA) is 55.8 Å². The summed E-state index contributed by atoms with van der Waals surface area (Å²) in [6, 6.07) is 2.54. The zero-order valence-electron chi connectivity index (χ0n) is 9.37. The molecular formula is C11H12ClFO4. The largest absolute Gasteiger partial charge is 0.493 e. The van der Waals surface area contributed by atoms with E-state index in [0.717, 1.165) is 0 Å². The lowest BCUT2D eigenvalue weighted by atomic mass is 10.1. The van der Waals surface area contributed by atoms with E-state index >= 15 is 0 Å². The Morgan fingerprint density at radius 3 is 2.76 bits per heavy atom. The average molecular weight is 263 g/mol. The van der Waals surface area contributed by atoms with E-state index in [1.54, 1.807) is 6.92 Å². The van der Waals surface area contributed by atoms with Crippen LogP contribution in [0.1, 0.15) is 18.6 Å². The normalized spacial score (nSPS) is 12.1. The van der Waals surface area contributed by atoms with Gasteiger partial charge in [0.1, 0.15) is 0 Å². The number of carbonyl (C=O) groups excluding carboxylic acids is 1. The number of carbonyl (C=O) groups is 1. The van der Waals surface area contributed by atoms with Gasteiger partial charge in [-0.25, -0.2) is 9.18 Å². The predicted octanol–water partition coefficient (Wildman–Crippen LogP) is 2.08. The molecule has 1 atom stereocenters. The molecule has 1 aromatic rings. The summed E-state index contributed by atoms with van der Waals surface area (Å²) in [4.78, 5) is 11.3. The van der Waals surface area contributed by atoms with Crippen molar-refractivity contribution in [3.05, 3.63) is 28.5 Å². The molecule has 1 aromatic carbocycles. The molecule has 4 nitrogen and oxygen atoms in total. The summed E-state index contributed by atoms with van der Waals surface area (Å²) in [5.41, 5.74) is -0.0205. The molecule has 0 aliphatic rings. The Hall–Kier alpha value is -1.33. The monoisotopic (exact) mass is 262 g/mol. The van der Waals surface area contributed by atoms with E-state index in [1.165, 1.54) is 19.2 Å². The van der Waals surface area contributed by atoms with Gasteiger partial charge in [0.15, 0.2) is 17.7 Å². The zero-order valence-corrected chi connectivity index (χ0v) is 10.1. The van der Waals surface area contributed by atoms with E-state index in [1.807, 2.05) is 0 Å². The third-order valence-electron chi connectivity index (χ3n) is 2.09. The first kappa shape index (κ1) is 13.7. The van der Waals surface area contributed by atoms with Crippen LogP contribution >= 0.6 is 11.6 Å². The summed E-state index contributed by atoms with van der Waals surface area (Å²) in [5, 5.41) is 9.53. The SMILES string of the molecule is CCOC(=O)C(O)c1ccc(Cl)c(F)c1OC. The van der Waals surface area contributed by atoms with Gasteiger partial charge >= 0.3 is 5.97 Å². The van der Waals surface area contributed by atoms with Crippen LogP contribution in [0.15, 0.2) is 12.1 Å². The van der Waals surface area contributed by atoms with E-state index in [9.17, 15) is 14.3 Å². The maximum absolute atomic E-state index is 13.6. The Balaban J connectivity index is 3.13. The fraction of sp³-hybridized carbons (Fsp3) is 0.364. The van der Waals surface area contributed by atoms with Gasteiger partial charge in [-0.3, -0.25) is 0 Å². The second-order valence-corrected chi connectivity index (χ2v) is 3.55. The van der Waals surface area contributed by atoms with E-state index in [2.05, 4.69) is 4.74 Å². The Kier molecular flexibility index (Phi) is 4.72. The Labute approximate surface area is 103 Å². The number of hydrogen-bond donors (Lipinski definition) is 1. The highest BCUT2D eigenvalue weighted by Gasteiger charge is 2.25. The zero-order chi connectivity index (χ0) is 13.0. The van der Waals surface area contributed by atoms with Crippen molar-refractivity contribution in [1.82, 2.24) is 0 Å². The molecular weight excluding hydrogens is 251 g/mol. The molecule has 6 heteroatoms. The first-order valence-corrected chi connectivity index (χ1v) is 5.27. The number of rotatable bonds is 4. The van der Waals surface area contributed by atoms with E-state index in [0.29, 0.717) is 0 Å². The Bertz CT molecular complexity index is 422. The molecule has 0 amide bonds. The highest BCUT2D eigenvalue weighted by molar-refractivity contribution is 6.30. The van der Waals surface area contributed by atoms with Gasteiger partial charge in [-0.05, 0) is 13.0 Å². The highest BCUT2D eigenvalue weighted by Crippen LogP contribution is 2.32. The number of esters is 1. The standard InChI is InChI=1S/C11H12ClFO4/c1-3-17-11(15)9(14)6-4-5-7(12)8(13)10(6)16-2/h4-5,9,14H,3H2,1-2H3. The molecule has 0 aliphatic heterocycles. The lowest BCUT2D eigenvalue weighted by Crippen LogP contribution is -2.16. The second-order valence-electron chi connectivity index (χ2n) is 3.14. The fourth-order valence-electron chi connectivity index (χ4n) is 1.32. The summed E-state index contributed by atoms with van der Waals surface area (Å²) >= 11 is 5.56. The molecule has 0 saturated heterocycles. The van der Waals surface area contributed by atoms with Crippen molar-refractivity contribution in [1.29, 1.82) is 0 Å². The van der Waals surface area contributed by atoms with Gasteiger partial charge in [0.25, 0.3) is 0 Å². The van der Waals surface area contributed by atoms with Crippen LogP contribution in [0.4, 0.5) is 4.39 Å². The molecule has 0 bridgehead atoms. The van der Waals surface area contributed by atoms with Crippen molar-refractivity contribution in [2.75, 3.05) is 13.7 Å². The smallest absolute Gasteiger partial charge is 0.339 e. The van der Waals surface area contributed by atoms with Gasteiger partial charge < -0.3 is 14.6 Å². The van der Waals surface area contributed by atoms with Gasteiger partial charge in [-0.15, -0.1) is 0 Å². The van der Waals surface area contributed by atoms with Crippen LogP contribution in [0.25, 0.3) is 0 Å². The maximum Gasteiger partial charge on any atom is 0.339 e. The molecule has 0 aromatic heterocycles. The number of aliphatic hydroxyl groups is 1. The summed E-state index contributed by atoms with van der Waals surface area (Å²) in [6.07, 6.45) is -1.60. The highest BCUT2D eigenvalue weighted by atomic mass is 35.5. The molecule has 0 radical (unpaired) electrons. The maximum atomic E-state index is 13.6. The number of hydrogen-bond acceptors (Lipinski definition) is 4. The first-order valence-electron chi connectivity index (χ1n) is 4.89. The minimum Gasteiger partial charge on any atom is -0.493 e. The van der Waals surface area contributed by atoms with Crippen molar-refractivity contribution in [3.8, 4) is 5.75 Å². The third kappa shape index (κ3) is 2.87. The number of aliphatic hydroxyl groups excluding tert-OH is 1. The Morgan fingerprint density at radius 2 is 2.24 bits per heavy atom. The minimum atomic E-state index is -1.60. The van der Waals surface area contributed by atoms with Gasteiger partial charge in [-0.2, -0.15) is 0 Å². The van der Waals surface area contributed by atoms with Crippen LogP contribution in [0.2, 0.25) is 5.02 Å². The third-order valence-corrected chi connectivity index (χ3v) is 2.38. The minimum absolute atomic E-state index is 0.0205. The molecule has 0 aliphatic carbocycles. The van der Waals surface area contributed by atoms with Gasteiger partial charge in [0.2, 0.25) is 0 Å². The molecule has 1 rings (SSSR count). The number of halogens is 2. The van der Waals surface area contributed by atoms with Crippen LogP contribution in [-0.2, 0) is 9.53 Å². The summed E-state index contributed by atoms with van der Waals surface area (Å²) < 4.78 is 23.0. The lowest BCUT2D eigenvalue weighted by molar-refractivity contribution is -0.153. The van der Waals surface area contributed by atoms with Crippen LogP contribution in [-0.4, -0.2) is 24.8 Å². The van der Waals surface area contributed by atoms with Crippen molar-refractivity contribution >= 4 is 17.6 Å². The molecule has 1 unspecified atom stereocenters. The van der Waals surface area contributed by atoms with Gasteiger partial charge in [0.05, 0.1) is 18.7 Å². The summed E-state index contributed by atoms with van der Waals surface area (Å²) in [7, 11) is 1.22. The molecule has 1 N–H and O–H groups in total. The molecule has 0 heterocycles. The summed E-state index contributed by atoms with van der Waals surface area (Å²) in [5.74, 6) is -1.96. The average Bonchev–Trinajstić information content (AvgIpc) is 2.31. The van der Waals surface area contributed by atoms with Crippen LogP contribution in [0.5, 0.6) is 5.75 Å².